The number of hydrogen-bond donors (Lipinski definition) is 1. The fourth-order valence-electron chi connectivity index (χ4n) is 2.79. The summed E-state index contributed by atoms with van der Waals surface area (Å²) in [5, 5.41) is 3.75. The Hall–Kier alpha value is -1.76. The molecule has 3 rings (SSSR count). The van der Waals surface area contributed by atoms with E-state index in [9.17, 15) is 13.2 Å². The van der Waals surface area contributed by atoms with E-state index in [1.807, 2.05) is 12.1 Å². The minimum atomic E-state index is -3.40. The highest BCUT2D eigenvalue weighted by molar-refractivity contribution is 7.92. The Labute approximate surface area is 163 Å². The molecule has 1 heterocycles. The molecule has 0 bridgehead atoms. The van der Waals surface area contributed by atoms with Crippen LogP contribution in [-0.2, 0) is 16.6 Å². The summed E-state index contributed by atoms with van der Waals surface area (Å²) in [7, 11) is -3.40. The lowest BCUT2D eigenvalue weighted by atomic mass is 10.1. The van der Waals surface area contributed by atoms with Crippen molar-refractivity contribution in [2.75, 3.05) is 16.6 Å². The van der Waals surface area contributed by atoms with Gasteiger partial charge in [-0.2, -0.15) is 0 Å². The minimum absolute atomic E-state index is 0.0936. The largest absolute Gasteiger partial charge is 0.348 e. The van der Waals surface area contributed by atoms with Gasteiger partial charge in [0, 0.05) is 23.7 Å². The Bertz CT molecular complexity index is 915. The topological polar surface area (TPSA) is 66.5 Å². The van der Waals surface area contributed by atoms with Crippen LogP contribution in [0.3, 0.4) is 0 Å². The van der Waals surface area contributed by atoms with Gasteiger partial charge in [-0.05, 0) is 48.7 Å². The molecule has 1 amide bonds. The van der Waals surface area contributed by atoms with E-state index >= 15 is 0 Å². The molecule has 1 fully saturated rings. The van der Waals surface area contributed by atoms with E-state index in [4.69, 9.17) is 23.2 Å². The first-order valence-corrected chi connectivity index (χ1v) is 10.6. The summed E-state index contributed by atoms with van der Waals surface area (Å²) in [4.78, 5) is 12.4. The predicted molar refractivity (Wildman–Crippen MR) is 104 cm³/mol. The van der Waals surface area contributed by atoms with Crippen LogP contribution in [0.5, 0.6) is 0 Å². The van der Waals surface area contributed by atoms with Gasteiger partial charge in [0.2, 0.25) is 10.0 Å². The first kappa shape index (κ1) is 19.0. The van der Waals surface area contributed by atoms with Crippen LogP contribution in [0.25, 0.3) is 0 Å². The number of nitrogens with one attached hydrogen (secondary N) is 1. The molecular weight excluding hydrogens is 395 g/mol. The molecule has 138 valence electrons. The molecular formula is C18H18Cl2N2O3S. The number of sulfonamides is 1. The van der Waals surface area contributed by atoms with Gasteiger partial charge in [0.05, 0.1) is 16.5 Å². The van der Waals surface area contributed by atoms with Crippen molar-refractivity contribution in [3.63, 3.8) is 0 Å². The number of amides is 1. The zero-order chi connectivity index (χ0) is 18.7. The molecule has 0 radical (unpaired) electrons. The average Bonchev–Trinajstić information content (AvgIpc) is 2.61. The highest BCUT2D eigenvalue weighted by Gasteiger charge is 2.28. The van der Waals surface area contributed by atoms with E-state index in [1.54, 1.807) is 24.3 Å². The lowest BCUT2D eigenvalue weighted by molar-refractivity contribution is 0.0951. The predicted octanol–water partition coefficient (Wildman–Crippen LogP) is 3.85. The second-order valence-electron chi connectivity index (χ2n) is 6.07. The van der Waals surface area contributed by atoms with Crippen LogP contribution in [0.1, 0.15) is 28.8 Å². The quantitative estimate of drug-likeness (QED) is 0.828. The minimum Gasteiger partial charge on any atom is -0.348 e. The van der Waals surface area contributed by atoms with Gasteiger partial charge in [-0.3, -0.25) is 9.10 Å². The molecule has 0 unspecified atom stereocenters. The molecule has 1 saturated heterocycles. The Morgan fingerprint density at radius 2 is 1.81 bits per heavy atom. The molecule has 1 aliphatic heterocycles. The summed E-state index contributed by atoms with van der Waals surface area (Å²) in [5.41, 5.74) is 1.63. The second kappa shape index (κ2) is 7.86. The average molecular weight is 413 g/mol. The summed E-state index contributed by atoms with van der Waals surface area (Å²) in [6, 6.07) is 11.8. The van der Waals surface area contributed by atoms with Crippen LogP contribution in [-0.4, -0.2) is 26.6 Å². The van der Waals surface area contributed by atoms with E-state index in [-0.39, 0.29) is 11.7 Å². The van der Waals surface area contributed by atoms with Crippen molar-refractivity contribution in [1.29, 1.82) is 0 Å². The van der Waals surface area contributed by atoms with E-state index < -0.39 is 10.0 Å². The lowest BCUT2D eigenvalue weighted by Crippen LogP contribution is -2.38. The molecule has 1 aliphatic rings. The highest BCUT2D eigenvalue weighted by Crippen LogP contribution is 2.31. The number of benzene rings is 2. The van der Waals surface area contributed by atoms with Gasteiger partial charge in [0.1, 0.15) is 0 Å². The van der Waals surface area contributed by atoms with Crippen molar-refractivity contribution < 1.29 is 13.2 Å². The molecule has 0 atom stereocenters. The fraction of sp³-hybridized carbons (Fsp3) is 0.278. The SMILES string of the molecule is O=C(NCc1ccc(Cl)cc1)c1ccc(Cl)c(N2CCCCS2(=O)=O)c1. The van der Waals surface area contributed by atoms with Gasteiger partial charge in [-0.15, -0.1) is 0 Å². The van der Waals surface area contributed by atoms with E-state index in [2.05, 4.69) is 5.32 Å². The van der Waals surface area contributed by atoms with Crippen LogP contribution in [0.2, 0.25) is 10.0 Å². The standard InChI is InChI=1S/C18H18Cl2N2O3S/c19-15-6-3-13(4-7-15)12-21-18(23)14-5-8-16(20)17(11-14)22-9-1-2-10-26(22,24)25/h3-8,11H,1-2,9-10,12H2,(H,21,23). The van der Waals surface area contributed by atoms with Crippen LogP contribution in [0.15, 0.2) is 42.5 Å². The molecule has 2 aromatic rings. The molecule has 5 nitrogen and oxygen atoms in total. The summed E-state index contributed by atoms with van der Waals surface area (Å²) in [6.45, 7) is 0.716. The summed E-state index contributed by atoms with van der Waals surface area (Å²) in [6.07, 6.45) is 1.40. The van der Waals surface area contributed by atoms with Crippen molar-refractivity contribution in [3.05, 3.63) is 63.6 Å². The van der Waals surface area contributed by atoms with Gasteiger partial charge in [-0.1, -0.05) is 35.3 Å². The van der Waals surface area contributed by atoms with Crippen molar-refractivity contribution in [2.45, 2.75) is 19.4 Å². The molecule has 1 N–H and O–H groups in total. The maximum absolute atomic E-state index is 12.4. The Morgan fingerprint density at radius 1 is 1.08 bits per heavy atom. The normalized spacial score (nSPS) is 16.3. The molecule has 8 heteroatoms. The third-order valence-electron chi connectivity index (χ3n) is 4.19. The number of rotatable bonds is 4. The zero-order valence-electron chi connectivity index (χ0n) is 13.9. The third kappa shape index (κ3) is 4.31. The third-order valence-corrected chi connectivity index (χ3v) is 6.62. The monoisotopic (exact) mass is 412 g/mol. The molecule has 0 saturated carbocycles. The van der Waals surface area contributed by atoms with Crippen molar-refractivity contribution in [3.8, 4) is 0 Å². The summed E-state index contributed by atoms with van der Waals surface area (Å²) >= 11 is 12.0. The lowest BCUT2D eigenvalue weighted by Gasteiger charge is -2.29. The summed E-state index contributed by atoms with van der Waals surface area (Å²) in [5.74, 6) is -0.205. The van der Waals surface area contributed by atoms with Gasteiger partial charge >= 0.3 is 0 Å². The smallest absolute Gasteiger partial charge is 0.251 e. The molecule has 2 aromatic carbocycles. The Morgan fingerprint density at radius 3 is 2.50 bits per heavy atom. The number of nitrogens with zero attached hydrogens (tertiary/aromatic N) is 1. The van der Waals surface area contributed by atoms with Gasteiger partial charge < -0.3 is 5.32 Å². The molecule has 26 heavy (non-hydrogen) atoms. The molecule has 0 spiro atoms. The first-order valence-electron chi connectivity index (χ1n) is 8.19. The number of carbonyl (C=O) groups excluding carboxylic acids is 1. The maximum atomic E-state index is 12.4. The second-order valence-corrected chi connectivity index (χ2v) is 8.93. The van der Waals surface area contributed by atoms with E-state index in [0.717, 1.165) is 12.0 Å². The van der Waals surface area contributed by atoms with Crippen LogP contribution < -0.4 is 9.62 Å². The van der Waals surface area contributed by atoms with Crippen molar-refractivity contribution in [2.24, 2.45) is 0 Å². The van der Waals surface area contributed by atoms with E-state index in [1.165, 1.54) is 10.4 Å². The van der Waals surface area contributed by atoms with Crippen molar-refractivity contribution >= 4 is 44.8 Å². The highest BCUT2D eigenvalue weighted by atomic mass is 35.5. The maximum Gasteiger partial charge on any atom is 0.251 e. The first-order chi connectivity index (χ1) is 12.4. The fourth-order valence-corrected chi connectivity index (χ4v) is 4.83. The zero-order valence-corrected chi connectivity index (χ0v) is 16.2. The number of anilines is 1. The Kier molecular flexibility index (Phi) is 5.75. The van der Waals surface area contributed by atoms with Crippen LogP contribution in [0.4, 0.5) is 5.69 Å². The number of hydrogen-bond acceptors (Lipinski definition) is 3. The molecule has 0 aromatic heterocycles. The van der Waals surface area contributed by atoms with Crippen molar-refractivity contribution in [1.82, 2.24) is 5.32 Å². The Balaban J connectivity index is 1.78. The summed E-state index contributed by atoms with van der Waals surface area (Å²) < 4.78 is 25.9. The number of carbonyl (C=O) groups is 1. The van der Waals surface area contributed by atoms with E-state index in [0.29, 0.717) is 40.8 Å². The van der Waals surface area contributed by atoms with Gasteiger partial charge in [-0.25, -0.2) is 8.42 Å². The van der Waals surface area contributed by atoms with Gasteiger partial charge in [0.25, 0.3) is 5.91 Å². The number of halogens is 2. The van der Waals surface area contributed by atoms with Crippen LogP contribution >= 0.6 is 23.2 Å². The van der Waals surface area contributed by atoms with Gasteiger partial charge in [0.15, 0.2) is 0 Å². The molecule has 0 aliphatic carbocycles. The van der Waals surface area contributed by atoms with Crippen LogP contribution in [0, 0.1) is 0 Å².